The molecule has 2 N–H and O–H groups in total. The predicted molar refractivity (Wildman–Crippen MR) is 122 cm³/mol. The van der Waals surface area contributed by atoms with Gasteiger partial charge < -0.3 is 15.5 Å². The van der Waals surface area contributed by atoms with Crippen molar-refractivity contribution < 1.29 is 14.4 Å². The first-order valence-corrected chi connectivity index (χ1v) is 10.5. The molecule has 0 spiro atoms. The van der Waals surface area contributed by atoms with Gasteiger partial charge in [0.1, 0.15) is 0 Å². The highest BCUT2D eigenvalue weighted by molar-refractivity contribution is 5.98. The molecule has 1 saturated heterocycles. The molecule has 3 aromatic carbocycles. The Morgan fingerprint density at radius 1 is 0.903 bits per heavy atom. The van der Waals surface area contributed by atoms with Gasteiger partial charge in [-0.25, -0.2) is 0 Å². The Morgan fingerprint density at radius 2 is 1.71 bits per heavy atom. The summed E-state index contributed by atoms with van der Waals surface area (Å²) in [6.45, 7) is 0.580. The average Bonchev–Trinajstić information content (AvgIpc) is 2.78. The van der Waals surface area contributed by atoms with Crippen molar-refractivity contribution in [2.45, 2.75) is 25.7 Å². The molecule has 6 nitrogen and oxygen atoms in total. The van der Waals surface area contributed by atoms with Crippen LogP contribution >= 0.6 is 0 Å². The molecule has 0 saturated carbocycles. The first kappa shape index (κ1) is 20.6. The minimum atomic E-state index is -0.312. The fraction of sp³-hybridized carbons (Fsp3) is 0.240. The Labute approximate surface area is 181 Å². The van der Waals surface area contributed by atoms with E-state index in [4.69, 9.17) is 0 Å². The van der Waals surface area contributed by atoms with Gasteiger partial charge in [0, 0.05) is 24.3 Å². The SMILES string of the molecule is O=C(Cc1cccc2ccccc12)NCC(=O)Nc1cccc(N2CCCCC2=O)c1. The maximum Gasteiger partial charge on any atom is 0.243 e. The number of rotatable bonds is 6. The highest BCUT2D eigenvalue weighted by Crippen LogP contribution is 2.24. The van der Waals surface area contributed by atoms with Gasteiger partial charge in [0.15, 0.2) is 0 Å². The summed E-state index contributed by atoms with van der Waals surface area (Å²) in [4.78, 5) is 38.6. The van der Waals surface area contributed by atoms with Gasteiger partial charge in [0.2, 0.25) is 17.7 Å². The largest absolute Gasteiger partial charge is 0.347 e. The third kappa shape index (κ3) is 5.09. The molecule has 3 aromatic rings. The molecule has 0 aromatic heterocycles. The van der Waals surface area contributed by atoms with Crippen LogP contribution in [-0.4, -0.2) is 30.8 Å². The van der Waals surface area contributed by atoms with Crippen molar-refractivity contribution in [1.82, 2.24) is 5.32 Å². The maximum atomic E-state index is 12.4. The Kier molecular flexibility index (Phi) is 6.26. The number of hydrogen-bond acceptors (Lipinski definition) is 3. The zero-order chi connectivity index (χ0) is 21.6. The van der Waals surface area contributed by atoms with Gasteiger partial charge in [-0.2, -0.15) is 0 Å². The van der Waals surface area contributed by atoms with Crippen LogP contribution in [0.5, 0.6) is 0 Å². The second-order valence-corrected chi connectivity index (χ2v) is 7.69. The van der Waals surface area contributed by atoms with Gasteiger partial charge in [-0.3, -0.25) is 14.4 Å². The van der Waals surface area contributed by atoms with Crippen molar-refractivity contribution in [3.05, 3.63) is 72.3 Å². The van der Waals surface area contributed by atoms with Crippen LogP contribution in [0.4, 0.5) is 11.4 Å². The van der Waals surface area contributed by atoms with Gasteiger partial charge in [-0.05, 0) is 47.4 Å². The summed E-state index contributed by atoms with van der Waals surface area (Å²) in [5, 5.41) is 7.60. The Bertz CT molecular complexity index is 1120. The van der Waals surface area contributed by atoms with Gasteiger partial charge in [-0.15, -0.1) is 0 Å². The van der Waals surface area contributed by atoms with E-state index >= 15 is 0 Å². The first-order valence-electron chi connectivity index (χ1n) is 10.5. The fourth-order valence-corrected chi connectivity index (χ4v) is 3.90. The van der Waals surface area contributed by atoms with E-state index in [-0.39, 0.29) is 30.7 Å². The van der Waals surface area contributed by atoms with Crippen LogP contribution in [-0.2, 0) is 20.8 Å². The number of amides is 3. The summed E-state index contributed by atoms with van der Waals surface area (Å²) in [6.07, 6.45) is 2.66. The summed E-state index contributed by atoms with van der Waals surface area (Å²) < 4.78 is 0. The number of carbonyl (C=O) groups excluding carboxylic acids is 3. The quantitative estimate of drug-likeness (QED) is 0.645. The van der Waals surface area contributed by atoms with Crippen LogP contribution < -0.4 is 15.5 Å². The molecule has 1 aliphatic heterocycles. The number of anilines is 2. The number of piperidine rings is 1. The smallest absolute Gasteiger partial charge is 0.243 e. The molecule has 0 unspecified atom stereocenters. The van der Waals surface area contributed by atoms with E-state index in [2.05, 4.69) is 10.6 Å². The van der Waals surface area contributed by atoms with E-state index in [1.54, 1.807) is 17.0 Å². The van der Waals surface area contributed by atoms with Crippen LogP contribution in [0.2, 0.25) is 0 Å². The Balaban J connectivity index is 1.32. The molecule has 3 amide bonds. The van der Waals surface area contributed by atoms with Crippen molar-refractivity contribution in [2.75, 3.05) is 23.3 Å². The molecule has 0 atom stereocenters. The standard InChI is InChI=1S/C25H25N3O3/c29-23(15-19-9-5-8-18-7-1-2-12-22(18)19)26-17-24(30)27-20-10-6-11-21(16-20)28-14-4-3-13-25(28)31/h1-2,5-12,16H,3-4,13-15,17H2,(H,26,29)(H,27,30). The average molecular weight is 415 g/mol. The summed E-state index contributed by atoms with van der Waals surface area (Å²) in [7, 11) is 0. The molecule has 1 heterocycles. The van der Waals surface area contributed by atoms with Crippen molar-refractivity contribution in [3.8, 4) is 0 Å². The second kappa shape index (κ2) is 9.43. The highest BCUT2D eigenvalue weighted by atomic mass is 16.2. The zero-order valence-corrected chi connectivity index (χ0v) is 17.3. The van der Waals surface area contributed by atoms with E-state index < -0.39 is 0 Å². The molecule has 158 valence electrons. The fourth-order valence-electron chi connectivity index (χ4n) is 3.90. The van der Waals surface area contributed by atoms with Crippen LogP contribution in [0.1, 0.15) is 24.8 Å². The van der Waals surface area contributed by atoms with E-state index in [1.807, 2.05) is 54.6 Å². The monoisotopic (exact) mass is 415 g/mol. The van der Waals surface area contributed by atoms with E-state index in [0.717, 1.165) is 34.9 Å². The van der Waals surface area contributed by atoms with Crippen LogP contribution in [0, 0.1) is 0 Å². The topological polar surface area (TPSA) is 78.5 Å². The number of benzene rings is 3. The molecule has 1 fully saturated rings. The number of hydrogen-bond donors (Lipinski definition) is 2. The van der Waals surface area contributed by atoms with Crippen molar-refractivity contribution in [2.24, 2.45) is 0 Å². The highest BCUT2D eigenvalue weighted by Gasteiger charge is 2.19. The van der Waals surface area contributed by atoms with Crippen LogP contribution in [0.3, 0.4) is 0 Å². The van der Waals surface area contributed by atoms with Crippen LogP contribution in [0.25, 0.3) is 10.8 Å². The van der Waals surface area contributed by atoms with E-state index in [0.29, 0.717) is 18.7 Å². The molecule has 6 heteroatoms. The number of nitrogens with zero attached hydrogens (tertiary/aromatic N) is 1. The van der Waals surface area contributed by atoms with Crippen molar-refractivity contribution in [1.29, 1.82) is 0 Å². The lowest BCUT2D eigenvalue weighted by Crippen LogP contribution is -2.35. The zero-order valence-electron chi connectivity index (χ0n) is 17.3. The first-order chi connectivity index (χ1) is 15.1. The van der Waals surface area contributed by atoms with Gasteiger partial charge >= 0.3 is 0 Å². The molecule has 4 rings (SSSR count). The Hall–Kier alpha value is -3.67. The summed E-state index contributed by atoms with van der Waals surface area (Å²) in [5.74, 6) is -0.414. The van der Waals surface area contributed by atoms with Crippen molar-refractivity contribution >= 4 is 39.9 Å². The number of fused-ring (bicyclic) bond motifs is 1. The molecule has 31 heavy (non-hydrogen) atoms. The number of carbonyl (C=O) groups is 3. The molecule has 0 radical (unpaired) electrons. The molecular weight excluding hydrogens is 390 g/mol. The van der Waals surface area contributed by atoms with Gasteiger partial charge in [-0.1, -0.05) is 48.5 Å². The van der Waals surface area contributed by atoms with E-state index in [1.165, 1.54) is 0 Å². The third-order valence-electron chi connectivity index (χ3n) is 5.44. The summed E-state index contributed by atoms with van der Waals surface area (Å²) in [5.41, 5.74) is 2.31. The molecular formula is C25H25N3O3. The minimum Gasteiger partial charge on any atom is -0.347 e. The van der Waals surface area contributed by atoms with E-state index in [9.17, 15) is 14.4 Å². The lowest BCUT2D eigenvalue weighted by Gasteiger charge is -2.27. The minimum absolute atomic E-state index is 0.107. The van der Waals surface area contributed by atoms with Crippen LogP contribution in [0.15, 0.2) is 66.7 Å². The van der Waals surface area contributed by atoms with Gasteiger partial charge in [0.05, 0.1) is 13.0 Å². The van der Waals surface area contributed by atoms with Crippen molar-refractivity contribution in [3.63, 3.8) is 0 Å². The summed E-state index contributed by atoms with van der Waals surface area (Å²) in [6, 6.07) is 21.0. The Morgan fingerprint density at radius 3 is 2.58 bits per heavy atom. The maximum absolute atomic E-state index is 12.4. The normalized spacial score (nSPS) is 13.8. The molecule has 0 bridgehead atoms. The predicted octanol–water partition coefficient (Wildman–Crippen LogP) is 3.65. The molecule has 1 aliphatic rings. The second-order valence-electron chi connectivity index (χ2n) is 7.69. The lowest BCUT2D eigenvalue weighted by atomic mass is 10.0. The van der Waals surface area contributed by atoms with Gasteiger partial charge in [0.25, 0.3) is 0 Å². The third-order valence-corrected chi connectivity index (χ3v) is 5.44. The summed E-state index contributed by atoms with van der Waals surface area (Å²) >= 11 is 0. The lowest BCUT2D eigenvalue weighted by molar-refractivity contribution is -0.123. The number of nitrogens with one attached hydrogen (secondary N) is 2. The molecule has 0 aliphatic carbocycles.